The zero-order chi connectivity index (χ0) is 44.4. The van der Waals surface area contributed by atoms with E-state index in [1.54, 1.807) is 0 Å². The van der Waals surface area contributed by atoms with E-state index >= 15 is 0 Å². The molecule has 0 spiro atoms. The summed E-state index contributed by atoms with van der Waals surface area (Å²) in [5.41, 5.74) is 6.47. The first-order valence-corrected chi connectivity index (χ1v) is 21.9. The maximum absolute atomic E-state index is 14.0. The quantitative estimate of drug-likeness (QED) is 0.0725. The first-order chi connectivity index (χ1) is 26.5. The molecule has 0 saturated carbocycles. The highest BCUT2D eigenvalue weighted by molar-refractivity contribution is 7.53. The summed E-state index contributed by atoms with van der Waals surface area (Å²) in [6, 6.07) is 25.0. The van der Waals surface area contributed by atoms with Gasteiger partial charge in [0, 0.05) is 0 Å². The van der Waals surface area contributed by atoms with Gasteiger partial charge in [0.15, 0.2) is 0 Å². The van der Waals surface area contributed by atoms with Crippen LogP contribution >= 0.6 is 17.2 Å². The second-order valence-electron chi connectivity index (χ2n) is 19.6. The maximum atomic E-state index is 14.0. The van der Waals surface area contributed by atoms with Gasteiger partial charge in [-0.2, -0.15) is 0 Å². The summed E-state index contributed by atoms with van der Waals surface area (Å²) >= 11 is 0. The summed E-state index contributed by atoms with van der Waals surface area (Å²) in [6.07, 6.45) is 0. The Balaban J connectivity index is 0.00000117. The summed E-state index contributed by atoms with van der Waals surface area (Å²) in [7, 11) is -5.22. The third-order valence-electron chi connectivity index (χ3n) is 10.9. The van der Waals surface area contributed by atoms with Crippen molar-refractivity contribution in [3.05, 3.63) is 117 Å². The van der Waals surface area contributed by atoms with E-state index in [4.69, 9.17) is 19.6 Å². The first kappa shape index (κ1) is 49.7. The van der Waals surface area contributed by atoms with E-state index in [0.29, 0.717) is 11.1 Å². The van der Waals surface area contributed by atoms with Gasteiger partial charge in [0.2, 0.25) is 0 Å². The molecule has 0 aliphatic rings. The van der Waals surface area contributed by atoms with Crippen molar-refractivity contribution in [1.82, 2.24) is 0 Å². The number of rotatable bonds is 10. The fraction of sp³-hybridized carbons (Fsp3) is 0.489. The lowest BCUT2D eigenvalue weighted by atomic mass is 9.61. The van der Waals surface area contributed by atoms with Gasteiger partial charge >= 0.3 is 17.2 Å². The standard InChI is InChI=1S/C47H64O4.H4O5P2/c1-30-21-23-34(32(25-30)40-36(42(3,4)5)17-15-18-37(40)43(6,7)8)47(51,46(27-48,28-49)29-50)35-24-22-31(2)26-33(35)41-38(44(9,10)11)19-16-20-39(41)45(12,13)14;1-6(2)5-7(3)4/h15-26,48-51H,27-29H2,1-14H3;1-4H. The molecule has 0 aliphatic carbocycles. The SMILES string of the molecule is Cc1ccc(C(O)(c2ccc(C)cc2-c2c(C(C)(C)C)cccc2C(C)(C)C)C(CO)(CO)CO)c(-c2c(C(C)(C)C)cccc2C(C)(C)C)c1.OP(O)OP(O)O. The molecular formula is C47H68O9P2. The number of hydrogen-bond acceptors (Lipinski definition) is 9. The molecule has 0 radical (unpaired) electrons. The summed E-state index contributed by atoms with van der Waals surface area (Å²) in [5.74, 6) is 0. The molecule has 0 unspecified atom stereocenters. The van der Waals surface area contributed by atoms with Gasteiger partial charge < -0.3 is 40.0 Å². The van der Waals surface area contributed by atoms with E-state index in [1.165, 1.54) is 0 Å². The molecule has 8 N–H and O–H groups in total. The fourth-order valence-electron chi connectivity index (χ4n) is 7.82. The predicted octanol–water partition coefficient (Wildman–Crippen LogP) is 9.45. The van der Waals surface area contributed by atoms with Crippen LogP contribution in [0.5, 0.6) is 0 Å². The fourth-order valence-corrected chi connectivity index (χ4v) is 8.34. The molecule has 58 heavy (non-hydrogen) atoms. The van der Waals surface area contributed by atoms with Crippen LogP contribution in [-0.4, -0.2) is 59.8 Å². The molecule has 0 aliphatic heterocycles. The summed E-state index contributed by atoms with van der Waals surface area (Å²) in [4.78, 5) is 31.3. The normalized spacial score (nSPS) is 13.2. The molecule has 0 aromatic heterocycles. The van der Waals surface area contributed by atoms with E-state index in [9.17, 15) is 20.4 Å². The number of aliphatic hydroxyl groups excluding tert-OH is 3. The zero-order valence-electron chi connectivity index (χ0n) is 36.9. The van der Waals surface area contributed by atoms with E-state index in [1.807, 2.05) is 38.1 Å². The van der Waals surface area contributed by atoms with Gasteiger partial charge in [-0.3, -0.25) is 0 Å². The minimum atomic E-state index is -2.61. The van der Waals surface area contributed by atoms with Crippen molar-refractivity contribution in [2.45, 2.75) is 124 Å². The van der Waals surface area contributed by atoms with Crippen LogP contribution in [-0.2, 0) is 31.6 Å². The minimum Gasteiger partial charge on any atom is -0.395 e. The van der Waals surface area contributed by atoms with Gasteiger partial charge in [-0.1, -0.05) is 167 Å². The van der Waals surface area contributed by atoms with Gasteiger partial charge in [0.05, 0.1) is 25.2 Å². The van der Waals surface area contributed by atoms with Crippen LogP contribution in [0.3, 0.4) is 0 Å². The van der Waals surface area contributed by atoms with Crippen molar-refractivity contribution < 1.29 is 44.3 Å². The lowest BCUT2D eigenvalue weighted by Crippen LogP contribution is -2.54. The van der Waals surface area contributed by atoms with E-state index in [2.05, 4.69) is 136 Å². The highest BCUT2D eigenvalue weighted by Gasteiger charge is 2.55. The largest absolute Gasteiger partial charge is 0.395 e. The van der Waals surface area contributed by atoms with Crippen LogP contribution in [0.2, 0.25) is 0 Å². The Kier molecular flexibility index (Phi) is 15.9. The molecule has 11 heteroatoms. The van der Waals surface area contributed by atoms with E-state index < -0.39 is 48.0 Å². The molecule has 320 valence electrons. The van der Waals surface area contributed by atoms with Crippen molar-refractivity contribution in [3.8, 4) is 22.3 Å². The lowest BCUT2D eigenvalue weighted by Gasteiger charge is -2.47. The molecule has 4 aromatic rings. The lowest BCUT2D eigenvalue weighted by molar-refractivity contribution is -0.135. The molecule has 9 nitrogen and oxygen atoms in total. The van der Waals surface area contributed by atoms with Crippen molar-refractivity contribution in [2.24, 2.45) is 5.41 Å². The molecule has 0 amide bonds. The van der Waals surface area contributed by atoms with Crippen molar-refractivity contribution >= 4 is 17.2 Å². The third-order valence-corrected chi connectivity index (χ3v) is 12.0. The van der Waals surface area contributed by atoms with Crippen molar-refractivity contribution in [2.75, 3.05) is 19.8 Å². The number of aliphatic hydroxyl groups is 4. The predicted molar refractivity (Wildman–Crippen MR) is 239 cm³/mol. The van der Waals surface area contributed by atoms with Gasteiger partial charge in [-0.05, 0) is 91.1 Å². The van der Waals surface area contributed by atoms with Crippen LogP contribution in [0, 0.1) is 19.3 Å². The summed E-state index contributed by atoms with van der Waals surface area (Å²) in [6.45, 7) is 28.6. The molecule has 4 rings (SSSR count). The molecule has 0 saturated heterocycles. The molecule has 0 bridgehead atoms. The van der Waals surface area contributed by atoms with Crippen LogP contribution in [0.4, 0.5) is 0 Å². The Hall–Kier alpha value is -2.62. The Morgan fingerprint density at radius 1 is 0.448 bits per heavy atom. The van der Waals surface area contributed by atoms with Gasteiger partial charge in [0.25, 0.3) is 0 Å². The second-order valence-corrected chi connectivity index (χ2v) is 21.3. The van der Waals surface area contributed by atoms with Crippen LogP contribution in [0.1, 0.15) is 128 Å². The summed E-state index contributed by atoms with van der Waals surface area (Å²) < 4.78 is 3.60. The highest BCUT2D eigenvalue weighted by Crippen LogP contribution is 2.54. The average Bonchev–Trinajstić information content (AvgIpc) is 3.10. The average molecular weight is 839 g/mol. The van der Waals surface area contributed by atoms with Gasteiger partial charge in [0.1, 0.15) is 5.60 Å². The van der Waals surface area contributed by atoms with Crippen LogP contribution < -0.4 is 0 Å². The highest BCUT2D eigenvalue weighted by atomic mass is 31.2. The summed E-state index contributed by atoms with van der Waals surface area (Å²) in [5, 5.41) is 48.0. The first-order valence-electron chi connectivity index (χ1n) is 19.6. The molecule has 0 heterocycles. The van der Waals surface area contributed by atoms with E-state index in [0.717, 1.165) is 55.6 Å². The number of benzene rings is 4. The Morgan fingerprint density at radius 2 is 0.724 bits per heavy atom. The number of aryl methyl sites for hydroxylation is 2. The van der Waals surface area contributed by atoms with Crippen LogP contribution in [0.15, 0.2) is 72.8 Å². The van der Waals surface area contributed by atoms with Gasteiger partial charge in [-0.15, -0.1) is 0 Å². The Morgan fingerprint density at radius 3 is 0.931 bits per heavy atom. The molecular weight excluding hydrogens is 770 g/mol. The second kappa shape index (κ2) is 18.6. The van der Waals surface area contributed by atoms with Crippen molar-refractivity contribution in [3.63, 3.8) is 0 Å². The molecule has 0 atom stereocenters. The molecule has 4 aromatic carbocycles. The Labute approximate surface area is 349 Å². The number of hydrogen-bond donors (Lipinski definition) is 8. The smallest absolute Gasteiger partial charge is 0.334 e. The molecule has 0 fully saturated rings. The minimum absolute atomic E-state index is 0.250. The van der Waals surface area contributed by atoms with E-state index in [-0.39, 0.29) is 21.7 Å². The maximum Gasteiger partial charge on any atom is 0.334 e. The monoisotopic (exact) mass is 838 g/mol. The third kappa shape index (κ3) is 10.6. The van der Waals surface area contributed by atoms with Crippen molar-refractivity contribution in [1.29, 1.82) is 0 Å². The van der Waals surface area contributed by atoms with Gasteiger partial charge in [-0.25, -0.2) is 4.31 Å². The topological polar surface area (TPSA) is 171 Å². The van der Waals surface area contributed by atoms with Crippen LogP contribution in [0.25, 0.3) is 22.3 Å². The zero-order valence-corrected chi connectivity index (χ0v) is 38.7. The Bertz CT molecular complexity index is 1810.